The van der Waals surface area contributed by atoms with Gasteiger partial charge in [-0.15, -0.1) is 0 Å². The minimum absolute atomic E-state index is 0.222. The lowest BCUT2D eigenvalue weighted by Gasteiger charge is -2.14. The summed E-state index contributed by atoms with van der Waals surface area (Å²) in [7, 11) is 4.93. The molecule has 0 aliphatic carbocycles. The molecule has 26 heavy (non-hydrogen) atoms. The number of ether oxygens (including phenoxy) is 2. The van der Waals surface area contributed by atoms with Gasteiger partial charge in [-0.2, -0.15) is 0 Å². The Labute approximate surface area is 161 Å². The van der Waals surface area contributed by atoms with E-state index in [1.54, 1.807) is 33.4 Å². The van der Waals surface area contributed by atoms with Gasteiger partial charge in [0.05, 0.1) is 18.7 Å². The first-order chi connectivity index (χ1) is 12.6. The SMILES string of the molecule is CN=C(NCCc1ccc(F)cc1)NCc1cc(Br)c(OC)c(OC)c1. The Bertz CT molecular complexity index is 751. The highest BCUT2D eigenvalue weighted by molar-refractivity contribution is 9.10. The average Bonchev–Trinajstić information content (AvgIpc) is 2.65. The first kappa shape index (κ1) is 20.0. The Hall–Kier alpha value is -2.28. The topological polar surface area (TPSA) is 54.9 Å². The lowest BCUT2D eigenvalue weighted by Crippen LogP contribution is -2.37. The molecular formula is C19H23BrFN3O2. The Morgan fingerprint density at radius 2 is 1.81 bits per heavy atom. The van der Waals surface area contributed by atoms with Gasteiger partial charge in [0.2, 0.25) is 0 Å². The second-order valence-electron chi connectivity index (χ2n) is 5.54. The van der Waals surface area contributed by atoms with Gasteiger partial charge < -0.3 is 20.1 Å². The van der Waals surface area contributed by atoms with Gasteiger partial charge in [0, 0.05) is 20.1 Å². The van der Waals surface area contributed by atoms with Crippen molar-refractivity contribution in [3.8, 4) is 11.5 Å². The largest absolute Gasteiger partial charge is 0.493 e. The first-order valence-electron chi connectivity index (χ1n) is 8.16. The quantitative estimate of drug-likeness (QED) is 0.528. The molecule has 2 N–H and O–H groups in total. The van der Waals surface area contributed by atoms with E-state index in [1.165, 1.54) is 12.1 Å². The minimum atomic E-state index is -0.222. The van der Waals surface area contributed by atoms with Crippen molar-refractivity contribution in [1.29, 1.82) is 0 Å². The van der Waals surface area contributed by atoms with Gasteiger partial charge >= 0.3 is 0 Å². The zero-order chi connectivity index (χ0) is 18.9. The summed E-state index contributed by atoms with van der Waals surface area (Å²) >= 11 is 3.49. The summed E-state index contributed by atoms with van der Waals surface area (Å²) in [4.78, 5) is 4.21. The number of benzene rings is 2. The second-order valence-corrected chi connectivity index (χ2v) is 6.40. The summed E-state index contributed by atoms with van der Waals surface area (Å²) in [6.45, 7) is 1.27. The van der Waals surface area contributed by atoms with Gasteiger partial charge in [0.25, 0.3) is 0 Å². The molecule has 0 amide bonds. The van der Waals surface area contributed by atoms with E-state index in [2.05, 4.69) is 31.6 Å². The van der Waals surface area contributed by atoms with E-state index in [-0.39, 0.29) is 5.82 Å². The molecule has 2 aromatic rings. The van der Waals surface area contributed by atoms with Crippen LogP contribution < -0.4 is 20.1 Å². The number of methoxy groups -OCH3 is 2. The molecule has 2 aromatic carbocycles. The molecule has 0 aromatic heterocycles. The normalized spacial score (nSPS) is 11.2. The smallest absolute Gasteiger partial charge is 0.191 e. The fourth-order valence-corrected chi connectivity index (χ4v) is 3.11. The molecule has 7 heteroatoms. The molecule has 0 atom stereocenters. The fourth-order valence-electron chi connectivity index (χ4n) is 2.46. The number of hydrogen-bond acceptors (Lipinski definition) is 3. The number of guanidine groups is 1. The molecule has 0 heterocycles. The van der Waals surface area contributed by atoms with Crippen LogP contribution in [-0.2, 0) is 13.0 Å². The molecule has 0 spiro atoms. The van der Waals surface area contributed by atoms with Crippen LogP contribution in [0.1, 0.15) is 11.1 Å². The van der Waals surface area contributed by atoms with Crippen LogP contribution in [0.5, 0.6) is 11.5 Å². The van der Waals surface area contributed by atoms with Crippen molar-refractivity contribution in [2.45, 2.75) is 13.0 Å². The van der Waals surface area contributed by atoms with E-state index >= 15 is 0 Å². The molecular weight excluding hydrogens is 401 g/mol. The van der Waals surface area contributed by atoms with Gasteiger partial charge in [-0.05, 0) is 57.7 Å². The highest BCUT2D eigenvalue weighted by Crippen LogP contribution is 2.36. The fraction of sp³-hybridized carbons (Fsp3) is 0.316. The molecule has 0 saturated heterocycles. The lowest BCUT2D eigenvalue weighted by atomic mass is 10.1. The summed E-state index contributed by atoms with van der Waals surface area (Å²) < 4.78 is 24.4. The van der Waals surface area contributed by atoms with Crippen molar-refractivity contribution in [1.82, 2.24) is 10.6 Å². The van der Waals surface area contributed by atoms with E-state index in [0.717, 1.165) is 22.0 Å². The number of aliphatic imine (C=N–C) groups is 1. The van der Waals surface area contributed by atoms with Crippen molar-refractivity contribution >= 4 is 21.9 Å². The van der Waals surface area contributed by atoms with Crippen LogP contribution >= 0.6 is 15.9 Å². The number of rotatable bonds is 7. The van der Waals surface area contributed by atoms with Crippen LogP contribution in [0.2, 0.25) is 0 Å². The van der Waals surface area contributed by atoms with Crippen molar-refractivity contribution in [3.05, 3.63) is 57.8 Å². The van der Waals surface area contributed by atoms with Crippen LogP contribution in [0.25, 0.3) is 0 Å². The molecule has 2 rings (SSSR count). The highest BCUT2D eigenvalue weighted by Gasteiger charge is 2.10. The molecule has 0 fully saturated rings. The van der Waals surface area contributed by atoms with Gasteiger partial charge in [-0.25, -0.2) is 4.39 Å². The third-order valence-corrected chi connectivity index (χ3v) is 4.39. The summed E-state index contributed by atoms with van der Waals surface area (Å²) in [6.07, 6.45) is 0.781. The number of halogens is 2. The second kappa shape index (κ2) is 10.0. The predicted octanol–water partition coefficient (Wildman–Crippen LogP) is 3.51. The number of nitrogens with one attached hydrogen (secondary N) is 2. The van der Waals surface area contributed by atoms with Crippen LogP contribution in [0.4, 0.5) is 4.39 Å². The van der Waals surface area contributed by atoms with Crippen LogP contribution in [0.3, 0.4) is 0 Å². The van der Waals surface area contributed by atoms with Gasteiger partial charge in [-0.1, -0.05) is 12.1 Å². The molecule has 0 unspecified atom stereocenters. The maximum atomic E-state index is 12.9. The monoisotopic (exact) mass is 423 g/mol. The molecule has 0 aliphatic heterocycles. The van der Waals surface area contributed by atoms with E-state index in [9.17, 15) is 4.39 Å². The number of nitrogens with zero attached hydrogens (tertiary/aromatic N) is 1. The third kappa shape index (κ3) is 5.62. The minimum Gasteiger partial charge on any atom is -0.493 e. The highest BCUT2D eigenvalue weighted by atomic mass is 79.9. The van der Waals surface area contributed by atoms with Crippen molar-refractivity contribution in [3.63, 3.8) is 0 Å². The standard InChI is InChI=1S/C19H23BrFN3O2/c1-22-19(23-9-8-13-4-6-15(21)7-5-13)24-12-14-10-16(20)18(26-3)17(11-14)25-2/h4-7,10-11H,8-9,12H2,1-3H3,(H2,22,23,24). The summed E-state index contributed by atoms with van der Waals surface area (Å²) in [5.41, 5.74) is 2.09. The Balaban J connectivity index is 1.88. The number of hydrogen-bond donors (Lipinski definition) is 2. The van der Waals surface area contributed by atoms with E-state index < -0.39 is 0 Å². The van der Waals surface area contributed by atoms with Crippen molar-refractivity contribution < 1.29 is 13.9 Å². The van der Waals surface area contributed by atoms with E-state index in [4.69, 9.17) is 9.47 Å². The van der Waals surface area contributed by atoms with Crippen LogP contribution in [0, 0.1) is 5.82 Å². The predicted molar refractivity (Wildman–Crippen MR) is 106 cm³/mol. The Morgan fingerprint density at radius 3 is 2.42 bits per heavy atom. The first-order valence-corrected chi connectivity index (χ1v) is 8.96. The van der Waals surface area contributed by atoms with Gasteiger partial charge in [0.15, 0.2) is 17.5 Å². The third-order valence-electron chi connectivity index (χ3n) is 3.80. The lowest BCUT2D eigenvalue weighted by molar-refractivity contribution is 0.352. The summed E-state index contributed by atoms with van der Waals surface area (Å²) in [5, 5.41) is 6.50. The Morgan fingerprint density at radius 1 is 1.08 bits per heavy atom. The Kier molecular flexibility index (Phi) is 7.72. The molecule has 0 saturated carbocycles. The molecule has 5 nitrogen and oxygen atoms in total. The van der Waals surface area contributed by atoms with Crippen LogP contribution in [-0.4, -0.2) is 33.8 Å². The van der Waals surface area contributed by atoms with Crippen LogP contribution in [0.15, 0.2) is 45.9 Å². The summed E-state index contributed by atoms with van der Waals surface area (Å²) in [5.74, 6) is 1.80. The summed E-state index contributed by atoms with van der Waals surface area (Å²) in [6, 6.07) is 10.4. The van der Waals surface area contributed by atoms with Gasteiger partial charge in [0.1, 0.15) is 5.82 Å². The average molecular weight is 424 g/mol. The molecule has 0 radical (unpaired) electrons. The maximum Gasteiger partial charge on any atom is 0.191 e. The van der Waals surface area contributed by atoms with Crippen molar-refractivity contribution in [2.24, 2.45) is 4.99 Å². The maximum absolute atomic E-state index is 12.9. The zero-order valence-electron chi connectivity index (χ0n) is 15.1. The zero-order valence-corrected chi connectivity index (χ0v) is 16.7. The molecule has 0 aliphatic rings. The van der Waals surface area contributed by atoms with Crippen molar-refractivity contribution in [2.75, 3.05) is 27.8 Å². The molecule has 0 bridgehead atoms. The van der Waals surface area contributed by atoms with Gasteiger partial charge in [-0.3, -0.25) is 4.99 Å². The molecule has 140 valence electrons. The van der Waals surface area contributed by atoms with E-state index in [1.807, 2.05) is 12.1 Å². The van der Waals surface area contributed by atoms with E-state index in [0.29, 0.717) is 30.5 Å².